The Bertz CT molecular complexity index is 307. The van der Waals surface area contributed by atoms with Crippen LogP contribution >= 0.6 is 0 Å². The average Bonchev–Trinajstić information content (AvgIpc) is 2.23. The standard InChI is InChI=1S/C11H21N3O4/c1-4-5-12-10(17)8(3)14-11(18)13-7(2)6-9(15)16/h7-8H,4-6H2,1-3H3,(H,12,17)(H,15,16)(H2,13,14,18). The molecule has 2 unspecified atom stereocenters. The second-order valence-corrected chi connectivity index (χ2v) is 4.13. The zero-order valence-electron chi connectivity index (χ0n) is 10.9. The van der Waals surface area contributed by atoms with E-state index in [9.17, 15) is 14.4 Å². The van der Waals surface area contributed by atoms with Gasteiger partial charge in [-0.1, -0.05) is 6.92 Å². The molecule has 0 rings (SSSR count). The predicted molar refractivity (Wildman–Crippen MR) is 66.1 cm³/mol. The highest BCUT2D eigenvalue weighted by atomic mass is 16.4. The number of aliphatic carboxylic acids is 1. The summed E-state index contributed by atoms with van der Waals surface area (Å²) in [7, 11) is 0. The summed E-state index contributed by atoms with van der Waals surface area (Å²) < 4.78 is 0. The zero-order valence-corrected chi connectivity index (χ0v) is 10.9. The number of urea groups is 1. The number of hydrogen-bond acceptors (Lipinski definition) is 3. The van der Waals surface area contributed by atoms with E-state index in [4.69, 9.17) is 5.11 Å². The van der Waals surface area contributed by atoms with Gasteiger partial charge in [0.1, 0.15) is 6.04 Å². The van der Waals surface area contributed by atoms with Gasteiger partial charge in [0.2, 0.25) is 5.91 Å². The molecule has 2 atom stereocenters. The van der Waals surface area contributed by atoms with Gasteiger partial charge in [-0.2, -0.15) is 0 Å². The Morgan fingerprint density at radius 2 is 1.78 bits per heavy atom. The summed E-state index contributed by atoms with van der Waals surface area (Å²) in [6, 6.07) is -1.70. The van der Waals surface area contributed by atoms with Crippen LogP contribution in [0, 0.1) is 0 Å². The Hall–Kier alpha value is -1.79. The fourth-order valence-electron chi connectivity index (χ4n) is 1.24. The molecule has 0 aromatic heterocycles. The number of amides is 3. The van der Waals surface area contributed by atoms with Gasteiger partial charge in [0.15, 0.2) is 0 Å². The fourth-order valence-corrected chi connectivity index (χ4v) is 1.24. The Labute approximate surface area is 106 Å². The van der Waals surface area contributed by atoms with Crippen LogP contribution in [-0.2, 0) is 9.59 Å². The van der Waals surface area contributed by atoms with Crippen molar-refractivity contribution < 1.29 is 19.5 Å². The molecule has 0 aromatic rings. The monoisotopic (exact) mass is 259 g/mol. The summed E-state index contributed by atoms with van der Waals surface area (Å²) in [5, 5.41) is 16.1. The molecule has 0 spiro atoms. The number of carboxylic acid groups (broad SMARTS) is 1. The highest BCUT2D eigenvalue weighted by molar-refractivity contribution is 5.86. The summed E-state index contributed by atoms with van der Waals surface area (Å²) in [4.78, 5) is 33.3. The third-order valence-corrected chi connectivity index (χ3v) is 2.15. The van der Waals surface area contributed by atoms with Crippen molar-refractivity contribution in [3.05, 3.63) is 0 Å². The number of carboxylic acids is 1. The Morgan fingerprint density at radius 3 is 2.28 bits per heavy atom. The Kier molecular flexibility index (Phi) is 7.50. The van der Waals surface area contributed by atoms with E-state index in [0.29, 0.717) is 6.54 Å². The van der Waals surface area contributed by atoms with Gasteiger partial charge in [0.05, 0.1) is 6.42 Å². The van der Waals surface area contributed by atoms with E-state index in [1.807, 2.05) is 6.92 Å². The maximum absolute atomic E-state index is 11.5. The lowest BCUT2D eigenvalue weighted by Crippen LogP contribution is -2.50. The molecular weight excluding hydrogens is 238 g/mol. The van der Waals surface area contributed by atoms with Crippen LogP contribution in [0.3, 0.4) is 0 Å². The lowest BCUT2D eigenvalue weighted by atomic mass is 10.2. The van der Waals surface area contributed by atoms with Gasteiger partial charge < -0.3 is 21.1 Å². The number of nitrogens with one attached hydrogen (secondary N) is 3. The van der Waals surface area contributed by atoms with Crippen molar-refractivity contribution in [3.63, 3.8) is 0 Å². The van der Waals surface area contributed by atoms with Crippen molar-refractivity contribution in [2.24, 2.45) is 0 Å². The van der Waals surface area contributed by atoms with Crippen LogP contribution in [0.1, 0.15) is 33.6 Å². The summed E-state index contributed by atoms with van der Waals surface area (Å²) in [5.74, 6) is -1.26. The minimum atomic E-state index is -0.989. The highest BCUT2D eigenvalue weighted by Crippen LogP contribution is 1.90. The molecule has 0 aliphatic rings. The van der Waals surface area contributed by atoms with Crippen LogP contribution in [0.25, 0.3) is 0 Å². The van der Waals surface area contributed by atoms with Crippen molar-refractivity contribution >= 4 is 17.9 Å². The number of carbonyl (C=O) groups is 3. The third kappa shape index (κ3) is 7.48. The van der Waals surface area contributed by atoms with Gasteiger partial charge in [-0.25, -0.2) is 4.79 Å². The Balaban J connectivity index is 3.99. The van der Waals surface area contributed by atoms with Crippen LogP contribution in [-0.4, -0.2) is 41.6 Å². The van der Waals surface area contributed by atoms with E-state index in [1.54, 1.807) is 13.8 Å². The van der Waals surface area contributed by atoms with Gasteiger partial charge in [0.25, 0.3) is 0 Å². The molecule has 0 aliphatic carbocycles. The van der Waals surface area contributed by atoms with Crippen LogP contribution in [0.15, 0.2) is 0 Å². The summed E-state index contributed by atoms with van der Waals surface area (Å²) in [6.45, 7) is 5.63. The van der Waals surface area contributed by atoms with E-state index < -0.39 is 24.1 Å². The number of hydrogen-bond donors (Lipinski definition) is 4. The summed E-state index contributed by atoms with van der Waals surface area (Å²) in [6.07, 6.45) is 0.657. The topological polar surface area (TPSA) is 108 Å². The van der Waals surface area contributed by atoms with Crippen molar-refractivity contribution in [3.8, 4) is 0 Å². The van der Waals surface area contributed by atoms with E-state index in [2.05, 4.69) is 16.0 Å². The van der Waals surface area contributed by atoms with Gasteiger partial charge in [0, 0.05) is 12.6 Å². The van der Waals surface area contributed by atoms with Crippen molar-refractivity contribution in [1.82, 2.24) is 16.0 Å². The molecule has 0 saturated carbocycles. The minimum absolute atomic E-state index is 0.163. The lowest BCUT2D eigenvalue weighted by Gasteiger charge is -2.16. The fraction of sp³-hybridized carbons (Fsp3) is 0.727. The van der Waals surface area contributed by atoms with E-state index in [-0.39, 0.29) is 12.3 Å². The van der Waals surface area contributed by atoms with Gasteiger partial charge >= 0.3 is 12.0 Å². The quantitative estimate of drug-likeness (QED) is 0.518. The minimum Gasteiger partial charge on any atom is -0.481 e. The lowest BCUT2D eigenvalue weighted by molar-refractivity contribution is -0.137. The number of carbonyl (C=O) groups excluding carboxylic acids is 2. The van der Waals surface area contributed by atoms with Crippen LogP contribution in [0.5, 0.6) is 0 Å². The van der Waals surface area contributed by atoms with Crippen LogP contribution in [0.4, 0.5) is 4.79 Å². The molecule has 104 valence electrons. The molecule has 4 N–H and O–H groups in total. The van der Waals surface area contributed by atoms with Crippen molar-refractivity contribution in [2.75, 3.05) is 6.54 Å². The smallest absolute Gasteiger partial charge is 0.315 e. The third-order valence-electron chi connectivity index (χ3n) is 2.15. The molecule has 18 heavy (non-hydrogen) atoms. The molecule has 0 bridgehead atoms. The van der Waals surface area contributed by atoms with Crippen LogP contribution < -0.4 is 16.0 Å². The van der Waals surface area contributed by atoms with E-state index in [1.165, 1.54) is 0 Å². The zero-order chi connectivity index (χ0) is 14.1. The molecule has 7 nitrogen and oxygen atoms in total. The first-order valence-corrected chi connectivity index (χ1v) is 5.93. The van der Waals surface area contributed by atoms with Gasteiger partial charge in [-0.15, -0.1) is 0 Å². The maximum Gasteiger partial charge on any atom is 0.315 e. The van der Waals surface area contributed by atoms with E-state index in [0.717, 1.165) is 6.42 Å². The molecule has 0 aliphatic heterocycles. The van der Waals surface area contributed by atoms with Crippen LogP contribution in [0.2, 0.25) is 0 Å². The Morgan fingerprint density at radius 1 is 1.17 bits per heavy atom. The maximum atomic E-state index is 11.5. The molecule has 0 fully saturated rings. The molecule has 0 saturated heterocycles. The second-order valence-electron chi connectivity index (χ2n) is 4.13. The van der Waals surface area contributed by atoms with Gasteiger partial charge in [-0.3, -0.25) is 9.59 Å². The normalized spacial score (nSPS) is 13.3. The summed E-state index contributed by atoms with van der Waals surface area (Å²) in [5.41, 5.74) is 0. The molecule has 0 heterocycles. The van der Waals surface area contributed by atoms with E-state index >= 15 is 0 Å². The first-order chi connectivity index (χ1) is 8.36. The average molecular weight is 259 g/mol. The molecular formula is C11H21N3O4. The predicted octanol–water partition coefficient (Wildman–Crippen LogP) is 0.0635. The number of rotatable bonds is 7. The SMILES string of the molecule is CCCNC(=O)C(C)NC(=O)NC(C)CC(=O)O. The molecule has 0 radical (unpaired) electrons. The first-order valence-electron chi connectivity index (χ1n) is 5.93. The molecule has 3 amide bonds. The largest absolute Gasteiger partial charge is 0.481 e. The molecule has 7 heteroatoms. The van der Waals surface area contributed by atoms with Crippen molar-refractivity contribution in [2.45, 2.75) is 45.7 Å². The summed E-state index contributed by atoms with van der Waals surface area (Å²) >= 11 is 0. The van der Waals surface area contributed by atoms with Crippen molar-refractivity contribution in [1.29, 1.82) is 0 Å². The molecule has 0 aromatic carbocycles. The second kappa shape index (κ2) is 8.32. The highest BCUT2D eigenvalue weighted by Gasteiger charge is 2.16. The first kappa shape index (κ1) is 16.2. The van der Waals surface area contributed by atoms with Gasteiger partial charge in [-0.05, 0) is 20.3 Å².